The van der Waals surface area contributed by atoms with Gasteiger partial charge in [-0.25, -0.2) is 4.98 Å². The van der Waals surface area contributed by atoms with Gasteiger partial charge in [-0.1, -0.05) is 0 Å². The molecule has 5 nitrogen and oxygen atoms in total. The highest BCUT2D eigenvalue weighted by molar-refractivity contribution is 7.11. The lowest BCUT2D eigenvalue weighted by molar-refractivity contribution is 0.0712. The summed E-state index contributed by atoms with van der Waals surface area (Å²) in [7, 11) is 0. The summed E-state index contributed by atoms with van der Waals surface area (Å²) in [5.74, 6) is 1.97. The van der Waals surface area contributed by atoms with E-state index in [-0.39, 0.29) is 12.7 Å². The van der Waals surface area contributed by atoms with Crippen molar-refractivity contribution in [2.75, 3.05) is 19.9 Å². The summed E-state index contributed by atoms with van der Waals surface area (Å²) in [6.07, 6.45) is 6.93. The molecule has 1 fully saturated rings. The second kappa shape index (κ2) is 6.58. The molecule has 2 aromatic rings. The van der Waals surface area contributed by atoms with Crippen LogP contribution in [0.4, 0.5) is 0 Å². The lowest BCUT2D eigenvalue weighted by Crippen LogP contribution is -2.37. The van der Waals surface area contributed by atoms with E-state index >= 15 is 0 Å². The topological polar surface area (TPSA) is 51.7 Å². The minimum absolute atomic E-state index is 0.0835. The van der Waals surface area contributed by atoms with Gasteiger partial charge in [-0.2, -0.15) is 0 Å². The highest BCUT2D eigenvalue weighted by Crippen LogP contribution is 2.36. The maximum absolute atomic E-state index is 12.8. The molecular formula is C20H22N2O3S. The maximum Gasteiger partial charge on any atom is 0.253 e. The normalized spacial score (nSPS) is 19.5. The second-order valence-corrected chi connectivity index (χ2v) is 8.38. The summed E-state index contributed by atoms with van der Waals surface area (Å²) in [5.41, 5.74) is 2.02. The molecule has 26 heavy (non-hydrogen) atoms. The van der Waals surface area contributed by atoms with Crippen molar-refractivity contribution in [2.45, 2.75) is 44.4 Å². The molecule has 0 N–H and O–H groups in total. The van der Waals surface area contributed by atoms with E-state index in [0.29, 0.717) is 23.0 Å². The zero-order chi connectivity index (χ0) is 17.5. The molecule has 1 amide bonds. The predicted molar refractivity (Wildman–Crippen MR) is 99.2 cm³/mol. The molecule has 2 aliphatic heterocycles. The third-order valence-electron chi connectivity index (χ3n) is 5.61. The van der Waals surface area contributed by atoms with E-state index < -0.39 is 0 Å². The van der Waals surface area contributed by atoms with Gasteiger partial charge in [-0.15, -0.1) is 11.3 Å². The molecule has 0 bridgehead atoms. The number of carbonyl (C=O) groups excluding carboxylic acids is 1. The van der Waals surface area contributed by atoms with Gasteiger partial charge in [0.2, 0.25) is 6.79 Å². The van der Waals surface area contributed by atoms with Crippen LogP contribution in [0.1, 0.15) is 57.5 Å². The number of likely N-dealkylation sites (tertiary alicyclic amines) is 1. The summed E-state index contributed by atoms with van der Waals surface area (Å²) in [4.78, 5) is 21.2. The summed E-state index contributed by atoms with van der Waals surface area (Å²) in [6, 6.07) is 5.45. The Bertz CT molecular complexity index is 816. The van der Waals surface area contributed by atoms with Crippen LogP contribution in [-0.4, -0.2) is 35.7 Å². The average molecular weight is 370 g/mol. The van der Waals surface area contributed by atoms with Crippen LogP contribution in [0.3, 0.4) is 0 Å². The Morgan fingerprint density at radius 1 is 1.12 bits per heavy atom. The maximum atomic E-state index is 12.8. The molecule has 1 aliphatic carbocycles. The quantitative estimate of drug-likeness (QED) is 0.807. The number of hydrogen-bond acceptors (Lipinski definition) is 5. The van der Waals surface area contributed by atoms with E-state index in [9.17, 15) is 4.79 Å². The summed E-state index contributed by atoms with van der Waals surface area (Å²) < 4.78 is 10.7. The number of piperidine rings is 1. The Morgan fingerprint density at radius 2 is 1.92 bits per heavy atom. The molecule has 3 heterocycles. The fourth-order valence-electron chi connectivity index (χ4n) is 4.09. The van der Waals surface area contributed by atoms with Gasteiger partial charge >= 0.3 is 0 Å². The van der Waals surface area contributed by atoms with Gasteiger partial charge in [0.05, 0.1) is 10.7 Å². The van der Waals surface area contributed by atoms with Crippen LogP contribution < -0.4 is 9.47 Å². The minimum Gasteiger partial charge on any atom is -0.454 e. The molecule has 0 saturated carbocycles. The number of ether oxygens (including phenoxy) is 2. The number of amides is 1. The number of hydrogen-bond donors (Lipinski definition) is 0. The molecule has 1 saturated heterocycles. The molecule has 0 atom stereocenters. The number of aromatic nitrogens is 1. The summed E-state index contributed by atoms with van der Waals surface area (Å²) in [5, 5.41) is 1.30. The fourth-order valence-corrected chi connectivity index (χ4v) is 5.41. The van der Waals surface area contributed by atoms with Gasteiger partial charge in [0.25, 0.3) is 5.91 Å². The first-order valence-corrected chi connectivity index (χ1v) is 10.3. The van der Waals surface area contributed by atoms with Crippen molar-refractivity contribution in [2.24, 2.45) is 0 Å². The SMILES string of the molecule is O=C(c1ccc2c(c1)OCO2)N1CCC(c2nc3c(s2)CCCC3)CC1. The lowest BCUT2D eigenvalue weighted by Gasteiger charge is -2.31. The number of benzene rings is 1. The lowest BCUT2D eigenvalue weighted by atomic mass is 9.96. The molecule has 1 aromatic carbocycles. The molecular weight excluding hydrogens is 348 g/mol. The number of fused-ring (bicyclic) bond motifs is 2. The Balaban J connectivity index is 1.25. The number of aryl methyl sites for hydroxylation is 2. The van der Waals surface area contributed by atoms with Gasteiger partial charge < -0.3 is 14.4 Å². The van der Waals surface area contributed by atoms with Crippen molar-refractivity contribution in [3.63, 3.8) is 0 Å². The predicted octanol–water partition coefficient (Wildman–Crippen LogP) is 3.77. The molecule has 0 spiro atoms. The summed E-state index contributed by atoms with van der Waals surface area (Å²) in [6.45, 7) is 1.82. The highest BCUT2D eigenvalue weighted by atomic mass is 32.1. The van der Waals surface area contributed by atoms with Crippen molar-refractivity contribution < 1.29 is 14.3 Å². The van der Waals surface area contributed by atoms with Gasteiger partial charge in [-0.05, 0) is 56.7 Å². The van der Waals surface area contributed by atoms with E-state index in [1.165, 1.54) is 34.8 Å². The molecule has 1 aromatic heterocycles. The van der Waals surface area contributed by atoms with Gasteiger partial charge in [0, 0.05) is 29.4 Å². The first kappa shape index (κ1) is 16.1. The Labute approximate surface area is 156 Å². The van der Waals surface area contributed by atoms with Crippen LogP contribution in [0, 0.1) is 0 Å². The monoisotopic (exact) mass is 370 g/mol. The molecule has 136 valence electrons. The van der Waals surface area contributed by atoms with Gasteiger partial charge in [0.15, 0.2) is 11.5 Å². The number of nitrogens with zero attached hydrogens (tertiary/aromatic N) is 2. The average Bonchev–Trinajstić information content (AvgIpc) is 3.33. The van der Waals surface area contributed by atoms with Crippen LogP contribution >= 0.6 is 11.3 Å². The first-order valence-electron chi connectivity index (χ1n) is 9.45. The standard InChI is InChI=1S/C20H22N2O3S/c23-20(14-5-6-16-17(11-14)25-12-24-16)22-9-7-13(8-10-22)19-21-15-3-1-2-4-18(15)26-19/h5-6,11,13H,1-4,7-10,12H2. The number of thiazole rings is 1. The van der Waals surface area contributed by atoms with E-state index in [0.717, 1.165) is 32.4 Å². The van der Waals surface area contributed by atoms with E-state index in [1.54, 1.807) is 6.07 Å². The van der Waals surface area contributed by atoms with E-state index in [2.05, 4.69) is 0 Å². The van der Waals surface area contributed by atoms with Crippen molar-refractivity contribution in [1.82, 2.24) is 9.88 Å². The van der Waals surface area contributed by atoms with Crippen molar-refractivity contribution in [3.05, 3.63) is 39.3 Å². The largest absolute Gasteiger partial charge is 0.454 e. The fraction of sp³-hybridized carbons (Fsp3) is 0.500. The number of carbonyl (C=O) groups is 1. The molecule has 5 rings (SSSR count). The molecule has 0 radical (unpaired) electrons. The van der Waals surface area contributed by atoms with Crippen molar-refractivity contribution >= 4 is 17.2 Å². The highest BCUT2D eigenvalue weighted by Gasteiger charge is 2.28. The number of rotatable bonds is 2. The third-order valence-corrected chi connectivity index (χ3v) is 6.93. The Morgan fingerprint density at radius 3 is 2.77 bits per heavy atom. The van der Waals surface area contributed by atoms with Crippen LogP contribution in [-0.2, 0) is 12.8 Å². The van der Waals surface area contributed by atoms with Crippen LogP contribution in [0.5, 0.6) is 11.5 Å². The first-order chi connectivity index (χ1) is 12.8. The van der Waals surface area contributed by atoms with Gasteiger partial charge in [0.1, 0.15) is 0 Å². The minimum atomic E-state index is 0.0835. The van der Waals surface area contributed by atoms with Crippen LogP contribution in [0.2, 0.25) is 0 Å². The van der Waals surface area contributed by atoms with Gasteiger partial charge in [-0.3, -0.25) is 4.79 Å². The Kier molecular flexibility index (Phi) is 4.08. The zero-order valence-electron chi connectivity index (χ0n) is 14.7. The van der Waals surface area contributed by atoms with Crippen molar-refractivity contribution in [1.29, 1.82) is 0 Å². The smallest absolute Gasteiger partial charge is 0.253 e. The van der Waals surface area contributed by atoms with E-state index in [1.807, 2.05) is 28.4 Å². The summed E-state index contributed by atoms with van der Waals surface area (Å²) >= 11 is 1.92. The Hall–Kier alpha value is -2.08. The van der Waals surface area contributed by atoms with E-state index in [4.69, 9.17) is 14.5 Å². The third kappa shape index (κ3) is 2.86. The van der Waals surface area contributed by atoms with Crippen molar-refractivity contribution in [3.8, 4) is 11.5 Å². The second-order valence-electron chi connectivity index (χ2n) is 7.26. The zero-order valence-corrected chi connectivity index (χ0v) is 15.5. The molecule has 6 heteroatoms. The molecule has 3 aliphatic rings. The molecule has 0 unspecified atom stereocenters. The van der Waals surface area contributed by atoms with Crippen LogP contribution in [0.25, 0.3) is 0 Å². The van der Waals surface area contributed by atoms with Crippen LogP contribution in [0.15, 0.2) is 18.2 Å².